The molecule has 1 fully saturated rings. The number of hydrogen-bond donors (Lipinski definition) is 0. The molecule has 4 nitrogen and oxygen atoms in total. The van der Waals surface area contributed by atoms with E-state index in [-0.39, 0.29) is 18.6 Å². The average molecular weight is 324 g/mol. The number of aryl methyl sites for hydroxylation is 2. The van der Waals surface area contributed by atoms with Crippen LogP contribution in [0.25, 0.3) is 0 Å². The fourth-order valence-electron chi connectivity index (χ4n) is 3.14. The highest BCUT2D eigenvalue weighted by Crippen LogP contribution is 2.29. The van der Waals surface area contributed by atoms with E-state index >= 15 is 0 Å². The first-order chi connectivity index (χ1) is 11.6. The van der Waals surface area contributed by atoms with Crippen LogP contribution in [0, 0.1) is 13.8 Å². The predicted molar refractivity (Wildman–Crippen MR) is 94.0 cm³/mol. The number of rotatable bonds is 4. The Balaban J connectivity index is 1.67. The molecular weight excluding hydrogens is 300 g/mol. The van der Waals surface area contributed by atoms with E-state index in [1.807, 2.05) is 48.2 Å². The molecule has 1 aliphatic rings. The molecule has 0 bridgehead atoms. The number of ether oxygens (including phenoxy) is 1. The minimum atomic E-state index is 0.0311. The molecule has 24 heavy (non-hydrogen) atoms. The van der Waals surface area contributed by atoms with Gasteiger partial charge in [-0.3, -0.25) is 9.78 Å². The van der Waals surface area contributed by atoms with Crippen LogP contribution in [0.1, 0.15) is 42.1 Å². The highest BCUT2D eigenvalue weighted by molar-refractivity contribution is 5.78. The van der Waals surface area contributed by atoms with Gasteiger partial charge in [0.2, 0.25) is 0 Å². The van der Waals surface area contributed by atoms with Crippen molar-refractivity contribution in [2.45, 2.75) is 39.2 Å². The van der Waals surface area contributed by atoms with Crippen LogP contribution in [0.3, 0.4) is 0 Å². The highest BCUT2D eigenvalue weighted by Gasteiger charge is 2.28. The molecule has 0 saturated carbocycles. The summed E-state index contributed by atoms with van der Waals surface area (Å²) in [7, 11) is 0. The molecule has 3 rings (SSSR count). The lowest BCUT2D eigenvalue weighted by atomic mass is 9.99. The first kappa shape index (κ1) is 16.5. The Labute approximate surface area is 143 Å². The fraction of sp³-hybridized carbons (Fsp3) is 0.400. The monoisotopic (exact) mass is 324 g/mol. The summed E-state index contributed by atoms with van der Waals surface area (Å²) in [6.45, 7) is 4.96. The van der Waals surface area contributed by atoms with Crippen molar-refractivity contribution in [1.29, 1.82) is 0 Å². The number of carbonyl (C=O) groups excluding carboxylic acids is 1. The normalized spacial score (nSPS) is 17.6. The van der Waals surface area contributed by atoms with Gasteiger partial charge >= 0.3 is 0 Å². The second-order valence-corrected chi connectivity index (χ2v) is 6.39. The molecule has 1 unspecified atom stereocenters. The second-order valence-electron chi connectivity index (χ2n) is 6.39. The zero-order chi connectivity index (χ0) is 16.9. The van der Waals surface area contributed by atoms with Crippen molar-refractivity contribution in [3.05, 3.63) is 59.4 Å². The van der Waals surface area contributed by atoms with Gasteiger partial charge in [0.1, 0.15) is 5.75 Å². The zero-order valence-corrected chi connectivity index (χ0v) is 14.4. The fourth-order valence-corrected chi connectivity index (χ4v) is 3.14. The van der Waals surface area contributed by atoms with E-state index < -0.39 is 0 Å². The van der Waals surface area contributed by atoms with Crippen LogP contribution in [0.4, 0.5) is 0 Å². The number of aromatic nitrogens is 1. The minimum Gasteiger partial charge on any atom is -0.484 e. The van der Waals surface area contributed by atoms with Crippen LogP contribution < -0.4 is 4.74 Å². The van der Waals surface area contributed by atoms with Crippen molar-refractivity contribution < 1.29 is 9.53 Å². The van der Waals surface area contributed by atoms with Crippen LogP contribution in [-0.2, 0) is 4.79 Å². The molecule has 1 saturated heterocycles. The minimum absolute atomic E-state index is 0.0311. The Morgan fingerprint density at radius 1 is 1.21 bits per heavy atom. The van der Waals surface area contributed by atoms with Gasteiger partial charge in [0.15, 0.2) is 6.61 Å². The third-order valence-corrected chi connectivity index (χ3v) is 4.69. The Bertz CT molecular complexity index is 700. The zero-order valence-electron chi connectivity index (χ0n) is 14.4. The number of benzene rings is 1. The highest BCUT2D eigenvalue weighted by atomic mass is 16.5. The third kappa shape index (κ3) is 3.75. The molecule has 1 aromatic heterocycles. The summed E-state index contributed by atoms with van der Waals surface area (Å²) in [6.07, 6.45) is 4.92. The van der Waals surface area contributed by atoms with Crippen molar-refractivity contribution in [3.63, 3.8) is 0 Å². The number of amides is 1. The lowest BCUT2D eigenvalue weighted by Crippen LogP contribution is -2.41. The largest absolute Gasteiger partial charge is 0.484 e. The van der Waals surface area contributed by atoms with Gasteiger partial charge in [-0.1, -0.05) is 12.1 Å². The first-order valence-corrected chi connectivity index (χ1v) is 8.55. The van der Waals surface area contributed by atoms with Crippen LogP contribution in [0.2, 0.25) is 0 Å². The van der Waals surface area contributed by atoms with Crippen molar-refractivity contribution in [2.24, 2.45) is 0 Å². The number of carbonyl (C=O) groups is 1. The molecule has 0 aliphatic carbocycles. The summed E-state index contributed by atoms with van der Waals surface area (Å²) >= 11 is 0. The molecule has 0 radical (unpaired) electrons. The van der Waals surface area contributed by atoms with E-state index in [2.05, 4.69) is 11.9 Å². The van der Waals surface area contributed by atoms with Gasteiger partial charge in [0, 0.05) is 12.7 Å². The van der Waals surface area contributed by atoms with Gasteiger partial charge in [-0.05, 0) is 68.5 Å². The number of pyridine rings is 1. The molecule has 4 heteroatoms. The molecule has 0 spiro atoms. The molecule has 2 heterocycles. The van der Waals surface area contributed by atoms with Crippen LogP contribution in [-0.4, -0.2) is 28.9 Å². The third-order valence-electron chi connectivity index (χ3n) is 4.69. The second kappa shape index (κ2) is 7.47. The van der Waals surface area contributed by atoms with E-state index in [0.29, 0.717) is 0 Å². The standard InChI is InChI=1S/C20H24N2O2/c1-15-9-10-17(13-16(15)2)24-14-20(23)22-12-6-4-8-19(22)18-7-3-5-11-21-18/h3,5,7,9-11,13,19H,4,6,8,12,14H2,1-2H3. The molecule has 1 atom stereocenters. The van der Waals surface area contributed by atoms with Crippen LogP contribution in [0.15, 0.2) is 42.6 Å². The first-order valence-electron chi connectivity index (χ1n) is 8.55. The number of nitrogens with zero attached hydrogens (tertiary/aromatic N) is 2. The van der Waals surface area contributed by atoms with E-state index in [1.165, 1.54) is 11.1 Å². The summed E-state index contributed by atoms with van der Waals surface area (Å²) in [5.74, 6) is 0.779. The van der Waals surface area contributed by atoms with E-state index in [4.69, 9.17) is 4.74 Å². The summed E-state index contributed by atoms with van der Waals surface area (Å²) in [4.78, 5) is 19.0. The Hall–Kier alpha value is -2.36. The van der Waals surface area contributed by atoms with Crippen molar-refractivity contribution >= 4 is 5.91 Å². The molecule has 1 aliphatic heterocycles. The number of piperidine rings is 1. The van der Waals surface area contributed by atoms with E-state index in [1.54, 1.807) is 6.20 Å². The number of likely N-dealkylation sites (tertiary alicyclic amines) is 1. The van der Waals surface area contributed by atoms with Crippen molar-refractivity contribution in [1.82, 2.24) is 9.88 Å². The summed E-state index contributed by atoms with van der Waals surface area (Å²) < 4.78 is 5.73. The maximum atomic E-state index is 12.7. The van der Waals surface area contributed by atoms with E-state index in [0.717, 1.165) is 37.3 Å². The number of hydrogen-bond acceptors (Lipinski definition) is 3. The predicted octanol–water partition coefficient (Wildman–Crippen LogP) is 3.83. The molecule has 126 valence electrons. The van der Waals surface area contributed by atoms with Crippen molar-refractivity contribution in [3.8, 4) is 5.75 Å². The average Bonchev–Trinajstić information content (AvgIpc) is 2.63. The van der Waals surface area contributed by atoms with Crippen LogP contribution >= 0.6 is 0 Å². The summed E-state index contributed by atoms with van der Waals surface area (Å²) in [5, 5.41) is 0. The summed E-state index contributed by atoms with van der Waals surface area (Å²) in [5.41, 5.74) is 3.36. The van der Waals surface area contributed by atoms with Gasteiger partial charge in [0.05, 0.1) is 11.7 Å². The van der Waals surface area contributed by atoms with Gasteiger partial charge in [-0.2, -0.15) is 0 Å². The van der Waals surface area contributed by atoms with Crippen LogP contribution in [0.5, 0.6) is 5.75 Å². The Morgan fingerprint density at radius 2 is 2.08 bits per heavy atom. The smallest absolute Gasteiger partial charge is 0.261 e. The van der Waals surface area contributed by atoms with Gasteiger partial charge in [0.25, 0.3) is 5.91 Å². The lowest BCUT2D eigenvalue weighted by molar-refractivity contribution is -0.137. The molecule has 1 aromatic carbocycles. The molecule has 1 amide bonds. The maximum Gasteiger partial charge on any atom is 0.261 e. The molecule has 0 N–H and O–H groups in total. The SMILES string of the molecule is Cc1ccc(OCC(=O)N2CCCCC2c2ccccn2)cc1C. The molecular formula is C20H24N2O2. The van der Waals surface area contributed by atoms with Gasteiger partial charge < -0.3 is 9.64 Å². The quantitative estimate of drug-likeness (QED) is 0.858. The Kier molecular flexibility index (Phi) is 5.14. The van der Waals surface area contributed by atoms with Crippen molar-refractivity contribution in [2.75, 3.05) is 13.2 Å². The van der Waals surface area contributed by atoms with Gasteiger partial charge in [-0.25, -0.2) is 0 Å². The molecule has 2 aromatic rings. The maximum absolute atomic E-state index is 12.7. The van der Waals surface area contributed by atoms with Gasteiger partial charge in [-0.15, -0.1) is 0 Å². The lowest BCUT2D eigenvalue weighted by Gasteiger charge is -2.35. The Morgan fingerprint density at radius 3 is 2.83 bits per heavy atom. The topological polar surface area (TPSA) is 42.4 Å². The van der Waals surface area contributed by atoms with E-state index in [9.17, 15) is 4.79 Å². The summed E-state index contributed by atoms with van der Waals surface area (Å²) in [6, 6.07) is 11.9.